The summed E-state index contributed by atoms with van der Waals surface area (Å²) in [6.45, 7) is 15.9. The van der Waals surface area contributed by atoms with Crippen molar-refractivity contribution in [2.75, 3.05) is 19.8 Å². The van der Waals surface area contributed by atoms with Gasteiger partial charge in [-0.1, -0.05) is 60.1 Å². The van der Waals surface area contributed by atoms with Gasteiger partial charge in [0.2, 0.25) is 0 Å². The topological polar surface area (TPSA) is 334 Å². The van der Waals surface area contributed by atoms with Gasteiger partial charge in [0.05, 0.1) is 37.4 Å². The van der Waals surface area contributed by atoms with Gasteiger partial charge in [-0.15, -0.1) is 0 Å². The van der Waals surface area contributed by atoms with Crippen LogP contribution < -0.4 is 0 Å². The third-order valence-electron chi connectivity index (χ3n) is 21.1. The molecule has 27 atom stereocenters. The quantitative estimate of drug-likeness (QED) is 0.0971. The monoisotopic (exact) mass is 1060 g/mol. The summed E-state index contributed by atoms with van der Waals surface area (Å²) >= 11 is 0. The van der Waals surface area contributed by atoms with E-state index in [-0.39, 0.29) is 40.1 Å². The summed E-state index contributed by atoms with van der Waals surface area (Å²) in [4.78, 5) is 13.2. The molecular weight excluding hydrogens is 973 g/mol. The maximum Gasteiger partial charge on any atom is 0.310 e. The number of aliphatic hydroxyl groups excluding tert-OH is 11. The van der Waals surface area contributed by atoms with Gasteiger partial charge in [-0.2, -0.15) is 0 Å². The lowest BCUT2D eigenvalue weighted by Crippen LogP contribution is -2.67. The third-order valence-corrected chi connectivity index (χ3v) is 21.1. The van der Waals surface area contributed by atoms with E-state index in [1.54, 1.807) is 0 Å². The lowest BCUT2D eigenvalue weighted by Gasteiger charge is -2.71. The first-order chi connectivity index (χ1) is 34.6. The van der Waals surface area contributed by atoms with Crippen molar-refractivity contribution >= 4 is 5.97 Å². The van der Waals surface area contributed by atoms with Gasteiger partial charge in [-0.3, -0.25) is 4.79 Å². The predicted molar refractivity (Wildman–Crippen MR) is 256 cm³/mol. The molecule has 12 N–H and O–H groups in total. The Balaban J connectivity index is 0.887. The molecule has 0 spiro atoms. The molecule has 21 heteroatoms. The Labute approximate surface area is 433 Å². The second-order valence-electron chi connectivity index (χ2n) is 25.8. The highest BCUT2D eigenvalue weighted by molar-refractivity contribution is 5.76. The number of allylic oxidation sites excluding steroid dienone is 2. The van der Waals surface area contributed by atoms with Crippen LogP contribution in [-0.2, 0) is 42.7 Å². The maximum atomic E-state index is 13.2. The van der Waals surface area contributed by atoms with Crippen molar-refractivity contribution in [1.29, 1.82) is 0 Å². The molecule has 4 saturated heterocycles. The molecule has 0 aromatic carbocycles. The van der Waals surface area contributed by atoms with Crippen LogP contribution in [0.3, 0.4) is 0 Å². The van der Waals surface area contributed by atoms with Crippen LogP contribution in [0.5, 0.6) is 0 Å². The summed E-state index contributed by atoms with van der Waals surface area (Å²) in [5, 5.41) is 130. The zero-order chi connectivity index (χ0) is 54.0. The van der Waals surface area contributed by atoms with E-state index in [2.05, 4.69) is 54.5 Å². The minimum atomic E-state index is -1.99. The number of aliphatic hydroxyl groups is 11. The molecule has 0 bridgehead atoms. The van der Waals surface area contributed by atoms with E-state index >= 15 is 0 Å². The van der Waals surface area contributed by atoms with Crippen LogP contribution in [0, 0.1) is 50.2 Å². The van der Waals surface area contributed by atoms with E-state index in [4.69, 9.17) is 37.9 Å². The number of carboxylic acids is 1. The Morgan fingerprint density at radius 1 is 0.608 bits per heavy atom. The average molecular weight is 1060 g/mol. The number of aliphatic carboxylic acids is 1. The molecule has 8 fully saturated rings. The minimum Gasteiger partial charge on any atom is -0.481 e. The molecule has 4 saturated carbocycles. The van der Waals surface area contributed by atoms with Gasteiger partial charge in [-0.05, 0) is 116 Å². The van der Waals surface area contributed by atoms with Crippen LogP contribution in [0.1, 0.15) is 120 Å². The first-order valence-corrected chi connectivity index (χ1v) is 27.1. The van der Waals surface area contributed by atoms with Gasteiger partial charge in [0.25, 0.3) is 0 Å². The van der Waals surface area contributed by atoms with E-state index in [1.165, 1.54) is 12.5 Å². The van der Waals surface area contributed by atoms with Gasteiger partial charge >= 0.3 is 5.97 Å². The molecule has 9 rings (SSSR count). The molecule has 0 amide bonds. The van der Waals surface area contributed by atoms with Crippen molar-refractivity contribution in [2.45, 2.75) is 242 Å². The molecule has 74 heavy (non-hydrogen) atoms. The van der Waals surface area contributed by atoms with Gasteiger partial charge in [0.15, 0.2) is 25.2 Å². The number of hydrogen-bond donors (Lipinski definition) is 12. The fourth-order valence-electron chi connectivity index (χ4n) is 16.3. The number of carbonyl (C=O) groups is 1. The third kappa shape index (κ3) is 9.17. The summed E-state index contributed by atoms with van der Waals surface area (Å²) in [6.07, 6.45) is -20.7. The van der Waals surface area contributed by atoms with E-state index in [1.807, 2.05) is 0 Å². The van der Waals surface area contributed by atoms with Crippen molar-refractivity contribution in [3.8, 4) is 0 Å². The molecule has 0 unspecified atom stereocenters. The summed E-state index contributed by atoms with van der Waals surface area (Å²) in [7, 11) is 0. The van der Waals surface area contributed by atoms with Gasteiger partial charge in [0.1, 0.15) is 85.5 Å². The Kier molecular flexibility index (Phi) is 15.8. The van der Waals surface area contributed by atoms with Crippen molar-refractivity contribution < 1.29 is 104 Å². The van der Waals surface area contributed by atoms with Gasteiger partial charge in [0, 0.05) is 0 Å². The van der Waals surface area contributed by atoms with E-state index in [0.717, 1.165) is 44.9 Å². The first kappa shape index (κ1) is 57.1. The molecule has 0 radical (unpaired) electrons. The molecular formula is C53H86O21. The molecule has 21 nitrogen and oxygen atoms in total. The van der Waals surface area contributed by atoms with Crippen LogP contribution in [0.2, 0.25) is 0 Å². The molecule has 5 aliphatic carbocycles. The number of carboxylic acid groups (broad SMARTS) is 1. The smallest absolute Gasteiger partial charge is 0.310 e. The van der Waals surface area contributed by atoms with E-state index in [0.29, 0.717) is 25.2 Å². The van der Waals surface area contributed by atoms with Gasteiger partial charge in [-0.25, -0.2) is 0 Å². The lowest BCUT2D eigenvalue weighted by molar-refractivity contribution is -0.390. The predicted octanol–water partition coefficient (Wildman–Crippen LogP) is 0.197. The molecule has 0 aromatic heterocycles. The van der Waals surface area contributed by atoms with Crippen LogP contribution >= 0.6 is 0 Å². The Bertz CT molecular complexity index is 2040. The second-order valence-corrected chi connectivity index (χ2v) is 25.8. The van der Waals surface area contributed by atoms with Crippen LogP contribution in [0.25, 0.3) is 0 Å². The molecule has 4 aliphatic heterocycles. The number of rotatable bonds is 11. The Hall–Kier alpha value is -1.55. The van der Waals surface area contributed by atoms with Crippen LogP contribution in [0.15, 0.2) is 11.6 Å². The zero-order valence-electron chi connectivity index (χ0n) is 44.1. The Morgan fingerprint density at radius 2 is 1.22 bits per heavy atom. The highest BCUT2D eigenvalue weighted by Crippen LogP contribution is 2.76. The van der Waals surface area contributed by atoms with Crippen molar-refractivity contribution in [3.05, 3.63) is 11.6 Å². The molecule has 4 heterocycles. The van der Waals surface area contributed by atoms with Crippen molar-refractivity contribution in [2.24, 2.45) is 50.2 Å². The molecule has 424 valence electrons. The van der Waals surface area contributed by atoms with Crippen molar-refractivity contribution in [1.82, 2.24) is 0 Å². The first-order valence-electron chi connectivity index (χ1n) is 27.1. The molecule has 9 aliphatic rings. The summed E-state index contributed by atoms with van der Waals surface area (Å²) < 4.78 is 48.0. The lowest BCUT2D eigenvalue weighted by atomic mass is 9.33. The SMILES string of the molecule is C[C@@H]1O[C@@H](O[C@H]2[C@H](O[C@H]3CC[C@]4(C)[C@H]5CC=C6[C@@H]7CC(C)(C)CC[C@@]7(C(=O)O)CC[C@@]6(C)[C@]5(C)CC[C@H]4C3(C)C)OC[C@H](O)[C@@H]2O)[C@H](O)[C@H](O[C@@H]2O[C@H](CO)[C@@H](O[C@@H]3O[C@H](CO)[C@@H](O)[C@H](O)[C@H]3O)[C@H](O)[C@H]2O)[C@H]1O. The fourth-order valence-corrected chi connectivity index (χ4v) is 16.3. The number of hydrogen-bond acceptors (Lipinski definition) is 20. The van der Waals surface area contributed by atoms with Crippen molar-refractivity contribution in [3.63, 3.8) is 0 Å². The van der Waals surface area contributed by atoms with E-state index in [9.17, 15) is 66.1 Å². The summed E-state index contributed by atoms with van der Waals surface area (Å²) in [6, 6.07) is 0. The fraction of sp³-hybridized carbons (Fsp3) is 0.943. The average Bonchev–Trinajstić information content (AvgIpc) is 3.34. The Morgan fingerprint density at radius 3 is 1.88 bits per heavy atom. The summed E-state index contributed by atoms with van der Waals surface area (Å²) in [5.41, 5.74) is -0.0216. The number of ether oxygens (including phenoxy) is 8. The summed E-state index contributed by atoms with van der Waals surface area (Å²) in [5.74, 6) is -0.101. The van der Waals surface area contributed by atoms with Crippen LogP contribution in [0.4, 0.5) is 0 Å². The van der Waals surface area contributed by atoms with Gasteiger partial charge < -0.3 is 99.2 Å². The number of fused-ring (bicyclic) bond motifs is 7. The normalized spacial score (nSPS) is 54.1. The highest BCUT2D eigenvalue weighted by atomic mass is 16.8. The largest absolute Gasteiger partial charge is 0.481 e. The van der Waals surface area contributed by atoms with E-state index < -0.39 is 153 Å². The molecule has 0 aromatic rings. The minimum absolute atomic E-state index is 0.0112. The standard InChI is InChI=1S/C53H86O21/c1-23-32(57)41(73-44-38(63)36(61)40(28(21-55)70-44)72-43-37(62)35(60)34(59)27(20-54)69-43)39(64)45(68-23)74-42-33(58)26(56)22-67-46(42)71-31-12-13-50(6)29(49(31,4)5)11-14-52(8)30(50)10-9-24-25-19-48(2,3)15-17-53(25,47(65)66)18-16-51(24,52)7/h9,23,25-46,54-64H,10-22H2,1-8H3,(H,65,66)/t23-,25-,26-,27+,28+,29-,30+,31-,32-,33-,34+,35-,36+,37+,38+,39+,40+,41+,42+,43-,44-,45-,46-,50-,51+,52+,53+/m0/s1. The maximum absolute atomic E-state index is 13.2. The van der Waals surface area contributed by atoms with Crippen LogP contribution in [-0.4, -0.2) is 210 Å². The second kappa shape index (κ2) is 20.5. The highest BCUT2D eigenvalue weighted by Gasteiger charge is 2.70. The zero-order valence-corrected chi connectivity index (χ0v) is 44.1.